The SMILES string of the molecule is C/C(=C/Cl)CC1(C(=O)O)CCc2ccccc21. The van der Waals surface area contributed by atoms with Gasteiger partial charge in [-0.1, -0.05) is 41.4 Å². The molecular weight excluding hydrogens is 236 g/mol. The molecule has 0 spiro atoms. The van der Waals surface area contributed by atoms with Crippen molar-refractivity contribution in [3.8, 4) is 0 Å². The van der Waals surface area contributed by atoms with Crippen molar-refractivity contribution in [2.45, 2.75) is 31.6 Å². The standard InChI is InChI=1S/C14H15ClO2/c1-10(9-15)8-14(13(16)17)7-6-11-4-2-3-5-12(11)14/h2-5,9H,6-8H2,1H3,(H,16,17)/b10-9-. The van der Waals surface area contributed by atoms with Crippen molar-refractivity contribution in [1.29, 1.82) is 0 Å². The van der Waals surface area contributed by atoms with E-state index in [1.165, 1.54) is 5.54 Å². The van der Waals surface area contributed by atoms with Crippen molar-refractivity contribution in [3.05, 3.63) is 46.5 Å². The molecule has 0 saturated carbocycles. The fourth-order valence-electron chi connectivity index (χ4n) is 2.68. The molecule has 0 aliphatic heterocycles. The molecule has 2 nitrogen and oxygen atoms in total. The van der Waals surface area contributed by atoms with Gasteiger partial charge in [0, 0.05) is 5.54 Å². The van der Waals surface area contributed by atoms with Crippen LogP contribution in [-0.4, -0.2) is 11.1 Å². The Bertz CT molecular complexity index is 479. The third kappa shape index (κ3) is 1.98. The molecule has 1 aromatic rings. The molecule has 1 N–H and O–H groups in total. The third-order valence-corrected chi connectivity index (χ3v) is 3.90. The number of rotatable bonds is 3. The molecule has 17 heavy (non-hydrogen) atoms. The van der Waals surface area contributed by atoms with E-state index in [1.807, 2.05) is 31.2 Å². The van der Waals surface area contributed by atoms with Crippen molar-refractivity contribution < 1.29 is 9.90 Å². The van der Waals surface area contributed by atoms with E-state index < -0.39 is 11.4 Å². The lowest BCUT2D eigenvalue weighted by atomic mass is 9.77. The van der Waals surface area contributed by atoms with Crippen molar-refractivity contribution in [2.75, 3.05) is 0 Å². The molecule has 90 valence electrons. The van der Waals surface area contributed by atoms with Gasteiger partial charge in [0.05, 0.1) is 5.41 Å². The van der Waals surface area contributed by atoms with Gasteiger partial charge < -0.3 is 5.11 Å². The lowest BCUT2D eigenvalue weighted by Crippen LogP contribution is -2.33. The molecule has 1 aliphatic carbocycles. The zero-order valence-electron chi connectivity index (χ0n) is 9.74. The van der Waals surface area contributed by atoms with E-state index in [2.05, 4.69) is 0 Å². The first-order valence-corrected chi connectivity index (χ1v) is 6.11. The van der Waals surface area contributed by atoms with Gasteiger partial charge in [0.25, 0.3) is 0 Å². The number of hydrogen-bond acceptors (Lipinski definition) is 1. The van der Waals surface area contributed by atoms with Crippen LogP contribution in [0, 0.1) is 0 Å². The summed E-state index contributed by atoms with van der Waals surface area (Å²) in [6, 6.07) is 7.81. The summed E-state index contributed by atoms with van der Waals surface area (Å²) in [7, 11) is 0. The molecule has 0 bridgehead atoms. The van der Waals surface area contributed by atoms with Crippen molar-refractivity contribution in [3.63, 3.8) is 0 Å². The van der Waals surface area contributed by atoms with Gasteiger partial charge in [0.15, 0.2) is 0 Å². The number of benzene rings is 1. The van der Waals surface area contributed by atoms with E-state index in [-0.39, 0.29) is 0 Å². The molecule has 0 aromatic heterocycles. The van der Waals surface area contributed by atoms with Gasteiger partial charge in [-0.2, -0.15) is 0 Å². The van der Waals surface area contributed by atoms with Crippen LogP contribution in [0.25, 0.3) is 0 Å². The number of allylic oxidation sites excluding steroid dienone is 1. The summed E-state index contributed by atoms with van der Waals surface area (Å²) in [4.78, 5) is 11.7. The van der Waals surface area contributed by atoms with Crippen LogP contribution in [0.1, 0.15) is 30.9 Å². The number of fused-ring (bicyclic) bond motifs is 1. The van der Waals surface area contributed by atoms with Crippen molar-refractivity contribution >= 4 is 17.6 Å². The highest BCUT2D eigenvalue weighted by Crippen LogP contribution is 2.43. The molecule has 1 unspecified atom stereocenters. The van der Waals surface area contributed by atoms with E-state index >= 15 is 0 Å². The summed E-state index contributed by atoms with van der Waals surface area (Å²) in [6.45, 7) is 1.87. The monoisotopic (exact) mass is 250 g/mol. The number of carboxylic acid groups (broad SMARTS) is 1. The van der Waals surface area contributed by atoms with Crippen LogP contribution in [0.3, 0.4) is 0 Å². The number of aryl methyl sites for hydroxylation is 1. The van der Waals surface area contributed by atoms with Crippen molar-refractivity contribution in [1.82, 2.24) is 0 Å². The minimum absolute atomic E-state index is 0.489. The van der Waals surface area contributed by atoms with Crippen LogP contribution in [-0.2, 0) is 16.6 Å². The second-order valence-corrected chi connectivity index (χ2v) is 4.89. The average molecular weight is 251 g/mol. The molecule has 2 rings (SSSR count). The smallest absolute Gasteiger partial charge is 0.314 e. The molecule has 1 aromatic carbocycles. The number of aliphatic carboxylic acids is 1. The van der Waals surface area contributed by atoms with E-state index in [0.29, 0.717) is 12.8 Å². The number of carbonyl (C=O) groups is 1. The van der Waals surface area contributed by atoms with Crippen LogP contribution >= 0.6 is 11.6 Å². The molecule has 0 radical (unpaired) electrons. The fraction of sp³-hybridized carbons (Fsp3) is 0.357. The normalized spacial score (nSPS) is 23.5. The quantitative estimate of drug-likeness (QED) is 0.892. The van der Waals surface area contributed by atoms with E-state index in [0.717, 1.165) is 23.1 Å². The van der Waals surface area contributed by atoms with Crippen LogP contribution in [0.15, 0.2) is 35.4 Å². The fourth-order valence-corrected chi connectivity index (χ4v) is 2.76. The summed E-state index contributed by atoms with van der Waals surface area (Å²) in [5, 5.41) is 9.58. The largest absolute Gasteiger partial charge is 0.481 e. The zero-order valence-corrected chi connectivity index (χ0v) is 10.5. The maximum Gasteiger partial charge on any atom is 0.314 e. The van der Waals surface area contributed by atoms with Crippen LogP contribution < -0.4 is 0 Å². The summed E-state index contributed by atoms with van der Waals surface area (Å²) >= 11 is 5.67. The van der Waals surface area contributed by atoms with E-state index in [9.17, 15) is 9.90 Å². The second-order valence-electron chi connectivity index (χ2n) is 4.68. The van der Waals surface area contributed by atoms with E-state index in [4.69, 9.17) is 11.6 Å². The summed E-state index contributed by atoms with van der Waals surface area (Å²) in [6.07, 6.45) is 1.98. The predicted molar refractivity (Wildman–Crippen MR) is 68.3 cm³/mol. The number of carboxylic acids is 1. The first-order valence-electron chi connectivity index (χ1n) is 5.68. The lowest BCUT2D eigenvalue weighted by Gasteiger charge is -2.25. The first-order chi connectivity index (χ1) is 8.10. The van der Waals surface area contributed by atoms with E-state index in [1.54, 1.807) is 0 Å². The van der Waals surface area contributed by atoms with Gasteiger partial charge in [-0.3, -0.25) is 4.79 Å². The summed E-state index contributed by atoms with van der Waals surface area (Å²) in [5.41, 5.74) is 3.70. The van der Waals surface area contributed by atoms with Gasteiger partial charge >= 0.3 is 5.97 Å². The van der Waals surface area contributed by atoms with Crippen LogP contribution in [0.2, 0.25) is 0 Å². The third-order valence-electron chi connectivity index (χ3n) is 3.53. The Morgan fingerprint density at radius 1 is 1.53 bits per heavy atom. The maximum absolute atomic E-state index is 11.7. The summed E-state index contributed by atoms with van der Waals surface area (Å²) < 4.78 is 0. The predicted octanol–water partition coefficient (Wildman–Crippen LogP) is 3.49. The molecule has 3 heteroatoms. The Morgan fingerprint density at radius 2 is 2.24 bits per heavy atom. The zero-order chi connectivity index (χ0) is 12.5. The highest BCUT2D eigenvalue weighted by Gasteiger charge is 2.45. The highest BCUT2D eigenvalue weighted by molar-refractivity contribution is 6.25. The molecule has 0 saturated heterocycles. The number of hydrogen-bond donors (Lipinski definition) is 1. The molecule has 1 atom stereocenters. The summed E-state index contributed by atoms with van der Waals surface area (Å²) in [5.74, 6) is -0.750. The topological polar surface area (TPSA) is 37.3 Å². The van der Waals surface area contributed by atoms with Crippen LogP contribution in [0.4, 0.5) is 0 Å². The van der Waals surface area contributed by atoms with Gasteiger partial charge in [0.2, 0.25) is 0 Å². The van der Waals surface area contributed by atoms with Gasteiger partial charge in [0.1, 0.15) is 0 Å². The average Bonchev–Trinajstić information content (AvgIpc) is 2.70. The first kappa shape index (κ1) is 12.2. The molecule has 0 heterocycles. The minimum Gasteiger partial charge on any atom is -0.481 e. The molecule has 0 fully saturated rings. The van der Waals surface area contributed by atoms with Gasteiger partial charge in [-0.05, 0) is 37.3 Å². The molecular formula is C14H15ClO2. The number of halogens is 1. The molecule has 1 aliphatic rings. The van der Waals surface area contributed by atoms with Crippen LogP contribution in [0.5, 0.6) is 0 Å². The van der Waals surface area contributed by atoms with Gasteiger partial charge in [-0.15, -0.1) is 0 Å². The lowest BCUT2D eigenvalue weighted by molar-refractivity contribution is -0.143. The maximum atomic E-state index is 11.7. The highest BCUT2D eigenvalue weighted by atomic mass is 35.5. The minimum atomic E-state index is -0.786. The Morgan fingerprint density at radius 3 is 2.88 bits per heavy atom. The van der Waals surface area contributed by atoms with Crippen molar-refractivity contribution in [2.24, 2.45) is 0 Å². The Hall–Kier alpha value is -1.28. The molecule has 0 amide bonds. The second kappa shape index (κ2) is 4.53. The Labute approximate surface area is 106 Å². The Kier molecular flexibility index (Phi) is 3.25. The van der Waals surface area contributed by atoms with Gasteiger partial charge in [-0.25, -0.2) is 0 Å². The Balaban J connectivity index is 2.48.